The van der Waals surface area contributed by atoms with Gasteiger partial charge in [-0.05, 0) is 45.4 Å². The summed E-state index contributed by atoms with van der Waals surface area (Å²) in [5, 5.41) is 38.3. The van der Waals surface area contributed by atoms with E-state index in [-0.39, 0.29) is 11.8 Å². The van der Waals surface area contributed by atoms with Gasteiger partial charge in [-0.15, -0.1) is 9.46 Å². The van der Waals surface area contributed by atoms with E-state index in [0.29, 0.717) is 48.0 Å². The van der Waals surface area contributed by atoms with Crippen LogP contribution in [-0.2, 0) is 9.53 Å². The molecule has 0 radical (unpaired) electrons. The van der Waals surface area contributed by atoms with Crippen LogP contribution in [0.2, 0.25) is 0 Å². The van der Waals surface area contributed by atoms with E-state index in [9.17, 15) is 30.0 Å². The molecule has 2 aromatic rings. The molecule has 0 spiro atoms. The Balaban J connectivity index is 1.53. The molecule has 0 aliphatic heterocycles. The summed E-state index contributed by atoms with van der Waals surface area (Å²) in [7, 11) is 0. The lowest BCUT2D eigenvalue weighted by atomic mass is 9.77. The lowest BCUT2D eigenvalue weighted by molar-refractivity contribution is -0.158. The highest BCUT2D eigenvalue weighted by molar-refractivity contribution is 5.76. The topological polar surface area (TPSA) is 153 Å². The highest BCUT2D eigenvalue weighted by Gasteiger charge is 2.37. The minimum absolute atomic E-state index is 0.387. The van der Waals surface area contributed by atoms with Crippen LogP contribution in [0.5, 0.6) is 23.5 Å². The van der Waals surface area contributed by atoms with E-state index in [4.69, 9.17) is 14.4 Å². The van der Waals surface area contributed by atoms with Crippen molar-refractivity contribution in [2.75, 3.05) is 0 Å². The molecule has 11 nitrogen and oxygen atoms in total. The maximum atomic E-state index is 12.6. The van der Waals surface area contributed by atoms with E-state index in [1.165, 1.54) is 12.1 Å². The highest BCUT2D eigenvalue weighted by atomic mass is 16.8. The van der Waals surface area contributed by atoms with E-state index < -0.39 is 35.4 Å². The third-order valence-corrected chi connectivity index (χ3v) is 5.20. The van der Waals surface area contributed by atoms with Gasteiger partial charge in [0.05, 0.1) is 5.41 Å². The molecule has 1 saturated carbocycles. The van der Waals surface area contributed by atoms with Crippen LogP contribution in [-0.4, -0.2) is 48.1 Å². The molecule has 0 amide bonds. The van der Waals surface area contributed by atoms with Crippen LogP contribution in [0, 0.1) is 5.41 Å². The Labute approximate surface area is 171 Å². The zero-order valence-electron chi connectivity index (χ0n) is 16.4. The van der Waals surface area contributed by atoms with Gasteiger partial charge < -0.3 is 30.0 Å². The molecular weight excluding hydrogens is 400 g/mol. The second kappa shape index (κ2) is 8.47. The molecule has 4 N–H and O–H groups in total. The molecule has 3 rings (SSSR count). The summed E-state index contributed by atoms with van der Waals surface area (Å²) in [6.07, 6.45) is 1.42. The number of hydrogen-bond donors (Lipinski definition) is 4. The van der Waals surface area contributed by atoms with Crippen molar-refractivity contribution in [2.24, 2.45) is 5.41 Å². The van der Waals surface area contributed by atoms with E-state index in [2.05, 4.69) is 0 Å². The highest BCUT2D eigenvalue weighted by Crippen LogP contribution is 2.36. The van der Waals surface area contributed by atoms with Gasteiger partial charge in [0.15, 0.2) is 0 Å². The fourth-order valence-electron chi connectivity index (χ4n) is 3.45. The fourth-order valence-corrected chi connectivity index (χ4v) is 3.45. The summed E-state index contributed by atoms with van der Waals surface area (Å²) in [4.78, 5) is 34.5. The van der Waals surface area contributed by atoms with Crippen LogP contribution in [0.25, 0.3) is 0 Å². The minimum atomic E-state index is -1.07. The fraction of sp³-hybridized carbons (Fsp3) is 0.474. The van der Waals surface area contributed by atoms with Crippen LogP contribution in [0.4, 0.5) is 4.79 Å². The molecule has 1 aliphatic carbocycles. The second-order valence-corrected chi connectivity index (χ2v) is 7.49. The summed E-state index contributed by atoms with van der Waals surface area (Å²) in [6.45, 7) is 1.75. The molecular formula is C19H24N2O9. The molecule has 11 heteroatoms. The lowest BCUT2D eigenvalue weighted by Gasteiger charge is -2.30. The number of carbonyl (C=O) groups is 2. The quantitative estimate of drug-likeness (QED) is 0.540. The van der Waals surface area contributed by atoms with Crippen LogP contribution >= 0.6 is 0 Å². The first-order valence-corrected chi connectivity index (χ1v) is 9.51. The third kappa shape index (κ3) is 4.56. The normalized spacial score (nSPS) is 22.0. The lowest BCUT2D eigenvalue weighted by Crippen LogP contribution is -2.37. The SMILES string of the molecule is CC1(C(=O)On2c(O)ccc2O)CCCC(OC(=O)On2c(O)ccc2O)CCC1. The Hall–Kier alpha value is -3.50. The largest absolute Gasteiger partial charge is 0.534 e. The molecule has 0 bridgehead atoms. The first-order chi connectivity index (χ1) is 14.2. The van der Waals surface area contributed by atoms with Gasteiger partial charge >= 0.3 is 12.1 Å². The zero-order chi connectivity index (χ0) is 21.9. The van der Waals surface area contributed by atoms with Crippen molar-refractivity contribution in [3.8, 4) is 23.5 Å². The number of hydrogen-bond acceptors (Lipinski definition) is 9. The van der Waals surface area contributed by atoms with E-state index in [1.807, 2.05) is 0 Å². The van der Waals surface area contributed by atoms with Gasteiger partial charge in [-0.1, -0.05) is 0 Å². The molecule has 1 aliphatic rings. The molecule has 0 atom stereocenters. The van der Waals surface area contributed by atoms with Crippen molar-refractivity contribution in [1.82, 2.24) is 9.46 Å². The van der Waals surface area contributed by atoms with Gasteiger partial charge in [-0.2, -0.15) is 0 Å². The van der Waals surface area contributed by atoms with Gasteiger partial charge in [-0.25, -0.2) is 9.59 Å². The van der Waals surface area contributed by atoms with Crippen molar-refractivity contribution in [1.29, 1.82) is 0 Å². The van der Waals surface area contributed by atoms with Gasteiger partial charge in [0.1, 0.15) is 6.10 Å². The Kier molecular flexibility index (Phi) is 5.99. The molecule has 2 heterocycles. The van der Waals surface area contributed by atoms with E-state index in [1.54, 1.807) is 6.92 Å². The molecule has 30 heavy (non-hydrogen) atoms. The first-order valence-electron chi connectivity index (χ1n) is 9.51. The van der Waals surface area contributed by atoms with E-state index >= 15 is 0 Å². The van der Waals surface area contributed by atoms with Gasteiger partial charge in [0, 0.05) is 24.3 Å². The van der Waals surface area contributed by atoms with Crippen molar-refractivity contribution < 1.29 is 44.4 Å². The predicted molar refractivity (Wildman–Crippen MR) is 99.8 cm³/mol. The molecule has 2 aromatic heterocycles. The molecule has 0 aromatic carbocycles. The number of rotatable bonds is 4. The summed E-state index contributed by atoms with van der Waals surface area (Å²) in [6, 6.07) is 4.73. The smallest absolute Gasteiger partial charge is 0.492 e. The van der Waals surface area contributed by atoms with Crippen molar-refractivity contribution in [3.63, 3.8) is 0 Å². The van der Waals surface area contributed by atoms with Crippen LogP contribution in [0.1, 0.15) is 45.4 Å². The van der Waals surface area contributed by atoms with Gasteiger partial charge in [-0.3, -0.25) is 4.84 Å². The van der Waals surface area contributed by atoms with Crippen molar-refractivity contribution >= 4 is 12.1 Å². The zero-order valence-corrected chi connectivity index (χ0v) is 16.4. The monoisotopic (exact) mass is 424 g/mol. The Bertz CT molecular complexity index is 868. The van der Waals surface area contributed by atoms with Gasteiger partial charge in [0.2, 0.25) is 23.5 Å². The first kappa shape index (κ1) is 21.2. The molecule has 1 fully saturated rings. The standard InChI is InChI=1S/C19H24N2O9/c1-19(17(26)29-20-13(22)6-7-14(20)23)10-2-4-12(5-3-11-19)28-18(27)30-21-15(24)8-9-16(21)25/h6-9,12,22-25H,2-5,10-11H2,1H3. The number of aromatic hydroxyl groups is 4. The van der Waals surface area contributed by atoms with E-state index in [0.717, 1.165) is 12.1 Å². The maximum Gasteiger partial charge on any atom is 0.534 e. The number of carbonyl (C=O) groups excluding carboxylic acids is 2. The average molecular weight is 424 g/mol. The molecule has 0 saturated heterocycles. The molecule has 0 unspecified atom stereocenters. The summed E-state index contributed by atoms with van der Waals surface area (Å²) in [5.74, 6) is -2.25. The minimum Gasteiger partial charge on any atom is -0.492 e. The van der Waals surface area contributed by atoms with Crippen molar-refractivity contribution in [3.05, 3.63) is 24.3 Å². The van der Waals surface area contributed by atoms with Gasteiger partial charge in [0.25, 0.3) is 0 Å². The van der Waals surface area contributed by atoms with Crippen LogP contribution < -0.4 is 9.68 Å². The number of aromatic nitrogens is 2. The van der Waals surface area contributed by atoms with Crippen LogP contribution in [0.3, 0.4) is 0 Å². The molecule has 164 valence electrons. The Morgan fingerprint density at radius 2 is 1.30 bits per heavy atom. The van der Waals surface area contributed by atoms with Crippen LogP contribution in [0.15, 0.2) is 24.3 Å². The Morgan fingerprint density at radius 3 is 1.77 bits per heavy atom. The second-order valence-electron chi connectivity index (χ2n) is 7.49. The summed E-state index contributed by atoms with van der Waals surface area (Å²) >= 11 is 0. The predicted octanol–water partition coefficient (Wildman–Crippen LogP) is 2.06. The number of nitrogens with zero attached hydrogens (tertiary/aromatic N) is 2. The third-order valence-electron chi connectivity index (χ3n) is 5.20. The average Bonchev–Trinajstić information content (AvgIpc) is 3.16. The summed E-state index contributed by atoms with van der Waals surface area (Å²) < 4.78 is 6.48. The Morgan fingerprint density at radius 1 is 0.867 bits per heavy atom. The summed E-state index contributed by atoms with van der Waals surface area (Å²) in [5.41, 5.74) is -0.836. The maximum absolute atomic E-state index is 12.6. The number of ether oxygens (including phenoxy) is 1. The van der Waals surface area contributed by atoms with Crippen molar-refractivity contribution in [2.45, 2.75) is 51.6 Å².